The van der Waals surface area contributed by atoms with Crippen LogP contribution in [0.1, 0.15) is 0 Å². The lowest BCUT2D eigenvalue weighted by molar-refractivity contribution is 0.628. The van der Waals surface area contributed by atoms with E-state index in [9.17, 15) is 4.39 Å². The van der Waals surface area contributed by atoms with E-state index in [1.165, 1.54) is 12.1 Å². The monoisotopic (exact) mass is 161 g/mol. The van der Waals surface area contributed by atoms with E-state index in [0.717, 1.165) is 5.56 Å². The summed E-state index contributed by atoms with van der Waals surface area (Å²) in [5.74, 6) is -0.254. The molecule has 0 bridgehead atoms. The van der Waals surface area contributed by atoms with Crippen molar-refractivity contribution >= 4 is 0 Å². The molecule has 0 unspecified atom stereocenters. The standard InChI is InChI=1S/C9H6FN2/c10-8-3-1-2-7(4-8)9-5-11-6-12-9/h1-5H,(H,11,12). The number of nitrogens with one attached hydrogen (secondary N) is 1. The Morgan fingerprint density at radius 1 is 1.42 bits per heavy atom. The van der Waals surface area contributed by atoms with Crippen molar-refractivity contribution in [3.63, 3.8) is 0 Å². The maximum atomic E-state index is 12.7. The summed E-state index contributed by atoms with van der Waals surface area (Å²) < 4.78 is 12.7. The number of rotatable bonds is 1. The number of halogens is 1. The summed E-state index contributed by atoms with van der Waals surface area (Å²) in [6, 6.07) is 6.29. The fourth-order valence-corrected chi connectivity index (χ4v) is 1.02. The van der Waals surface area contributed by atoms with Crippen molar-refractivity contribution in [1.82, 2.24) is 9.97 Å². The summed E-state index contributed by atoms with van der Waals surface area (Å²) in [5, 5.41) is 0. The highest BCUT2D eigenvalue weighted by Gasteiger charge is 1.99. The zero-order chi connectivity index (χ0) is 8.39. The van der Waals surface area contributed by atoms with Gasteiger partial charge in [0.1, 0.15) is 5.82 Å². The number of aromatic nitrogens is 2. The molecule has 0 saturated carbocycles. The normalized spacial score (nSPS) is 10.1. The fourth-order valence-electron chi connectivity index (χ4n) is 1.02. The van der Waals surface area contributed by atoms with Gasteiger partial charge >= 0.3 is 0 Å². The molecule has 0 aliphatic rings. The van der Waals surface area contributed by atoms with Gasteiger partial charge in [0.05, 0.1) is 5.69 Å². The third-order valence-corrected chi connectivity index (χ3v) is 1.57. The lowest BCUT2D eigenvalue weighted by atomic mass is 10.2. The lowest BCUT2D eigenvalue weighted by Gasteiger charge is -1.94. The molecule has 59 valence electrons. The summed E-state index contributed by atoms with van der Waals surface area (Å²) in [5.41, 5.74) is 1.46. The highest BCUT2D eigenvalue weighted by atomic mass is 19.1. The fraction of sp³-hybridized carbons (Fsp3) is 0. The Kier molecular flexibility index (Phi) is 1.63. The Balaban J connectivity index is 2.48. The van der Waals surface area contributed by atoms with Crippen LogP contribution in [-0.2, 0) is 0 Å². The Bertz CT molecular complexity index is 368. The van der Waals surface area contributed by atoms with Gasteiger partial charge in [-0.25, -0.2) is 9.37 Å². The number of hydrogen-bond donors (Lipinski definition) is 1. The molecule has 2 aromatic rings. The third kappa shape index (κ3) is 1.21. The van der Waals surface area contributed by atoms with Gasteiger partial charge in [-0.2, -0.15) is 0 Å². The number of benzene rings is 1. The summed E-state index contributed by atoms with van der Waals surface area (Å²) in [6.45, 7) is 0. The maximum absolute atomic E-state index is 12.7. The van der Waals surface area contributed by atoms with Crippen LogP contribution in [-0.4, -0.2) is 9.97 Å². The van der Waals surface area contributed by atoms with Gasteiger partial charge in [0.2, 0.25) is 0 Å². The minimum atomic E-state index is -0.254. The molecule has 2 nitrogen and oxygen atoms in total. The van der Waals surface area contributed by atoms with Crippen molar-refractivity contribution in [2.24, 2.45) is 0 Å². The molecule has 2 rings (SSSR count). The van der Waals surface area contributed by atoms with E-state index >= 15 is 0 Å². The summed E-state index contributed by atoms with van der Waals surface area (Å²) in [7, 11) is 0. The van der Waals surface area contributed by atoms with Crippen LogP contribution in [0.4, 0.5) is 4.39 Å². The molecule has 1 aromatic heterocycles. The molecular weight excluding hydrogens is 155 g/mol. The van der Waals surface area contributed by atoms with Crippen molar-refractivity contribution in [3.05, 3.63) is 42.6 Å². The van der Waals surface area contributed by atoms with E-state index in [4.69, 9.17) is 0 Å². The number of H-pyrrole nitrogens is 1. The highest BCUT2D eigenvalue weighted by molar-refractivity contribution is 5.57. The van der Waals surface area contributed by atoms with Crippen molar-refractivity contribution < 1.29 is 4.39 Å². The number of hydrogen-bond acceptors (Lipinski definition) is 1. The molecule has 0 aliphatic heterocycles. The van der Waals surface area contributed by atoms with Crippen LogP contribution in [0.15, 0.2) is 30.5 Å². The zero-order valence-corrected chi connectivity index (χ0v) is 6.21. The van der Waals surface area contributed by atoms with Crippen LogP contribution in [0, 0.1) is 12.1 Å². The summed E-state index contributed by atoms with van der Waals surface area (Å²) in [6.07, 6.45) is 4.23. The Hall–Kier alpha value is -1.64. The predicted octanol–water partition coefficient (Wildman–Crippen LogP) is 2.02. The van der Waals surface area contributed by atoms with Gasteiger partial charge in [-0.1, -0.05) is 12.1 Å². The average molecular weight is 161 g/mol. The molecule has 0 saturated heterocycles. The van der Waals surface area contributed by atoms with E-state index in [2.05, 4.69) is 16.3 Å². The van der Waals surface area contributed by atoms with E-state index in [1.807, 2.05) is 0 Å². The van der Waals surface area contributed by atoms with E-state index in [0.29, 0.717) is 5.69 Å². The molecule has 1 radical (unpaired) electrons. The highest BCUT2D eigenvalue weighted by Crippen LogP contribution is 2.15. The summed E-state index contributed by atoms with van der Waals surface area (Å²) in [4.78, 5) is 6.57. The minimum absolute atomic E-state index is 0.254. The van der Waals surface area contributed by atoms with E-state index in [-0.39, 0.29) is 5.82 Å². The predicted molar refractivity (Wildman–Crippen MR) is 42.8 cm³/mol. The van der Waals surface area contributed by atoms with Crippen molar-refractivity contribution in [2.75, 3.05) is 0 Å². The SMILES string of the molecule is Fc1cccc(-c2c[nH][c]n2)c1. The van der Waals surface area contributed by atoms with Crippen LogP contribution in [0.3, 0.4) is 0 Å². The van der Waals surface area contributed by atoms with Crippen LogP contribution in [0.5, 0.6) is 0 Å². The molecule has 12 heavy (non-hydrogen) atoms. The minimum Gasteiger partial charge on any atom is -0.341 e. The Morgan fingerprint density at radius 2 is 2.33 bits per heavy atom. The van der Waals surface area contributed by atoms with Crippen molar-refractivity contribution in [2.45, 2.75) is 0 Å². The third-order valence-electron chi connectivity index (χ3n) is 1.57. The molecule has 1 heterocycles. The molecule has 1 N–H and O–H groups in total. The van der Waals surface area contributed by atoms with E-state index < -0.39 is 0 Å². The molecule has 0 aliphatic carbocycles. The first-order valence-corrected chi connectivity index (χ1v) is 3.53. The maximum Gasteiger partial charge on any atom is 0.174 e. The largest absolute Gasteiger partial charge is 0.341 e. The topological polar surface area (TPSA) is 28.7 Å². The first-order chi connectivity index (χ1) is 5.86. The van der Waals surface area contributed by atoms with Crippen LogP contribution in [0.25, 0.3) is 11.3 Å². The molecular formula is C9H6FN2. The second-order valence-corrected chi connectivity index (χ2v) is 2.41. The molecule has 1 aromatic carbocycles. The lowest BCUT2D eigenvalue weighted by Crippen LogP contribution is -1.78. The number of imidazole rings is 1. The molecule has 3 heteroatoms. The van der Waals surface area contributed by atoms with Gasteiger partial charge in [0.25, 0.3) is 0 Å². The first kappa shape index (κ1) is 7.03. The smallest absolute Gasteiger partial charge is 0.174 e. The second-order valence-electron chi connectivity index (χ2n) is 2.41. The van der Waals surface area contributed by atoms with Gasteiger partial charge in [0.15, 0.2) is 6.33 Å². The summed E-state index contributed by atoms with van der Waals surface area (Å²) >= 11 is 0. The molecule has 0 atom stereocenters. The zero-order valence-electron chi connectivity index (χ0n) is 6.21. The van der Waals surface area contributed by atoms with Crippen LogP contribution < -0.4 is 0 Å². The van der Waals surface area contributed by atoms with E-state index in [1.54, 1.807) is 18.3 Å². The molecule has 0 fully saturated rings. The van der Waals surface area contributed by atoms with Crippen LogP contribution >= 0.6 is 0 Å². The van der Waals surface area contributed by atoms with Gasteiger partial charge in [-0.3, -0.25) is 0 Å². The van der Waals surface area contributed by atoms with Gasteiger partial charge in [-0.05, 0) is 12.1 Å². The Labute approximate surface area is 69.1 Å². The van der Waals surface area contributed by atoms with Gasteiger partial charge in [0, 0.05) is 11.8 Å². The molecule has 0 amide bonds. The average Bonchev–Trinajstić information content (AvgIpc) is 2.56. The second kappa shape index (κ2) is 2.77. The molecule has 0 spiro atoms. The van der Waals surface area contributed by atoms with Crippen molar-refractivity contribution in [1.29, 1.82) is 0 Å². The quantitative estimate of drug-likeness (QED) is 0.681. The van der Waals surface area contributed by atoms with Crippen LogP contribution in [0.2, 0.25) is 0 Å². The Morgan fingerprint density at radius 3 is 3.00 bits per heavy atom. The number of aromatic amines is 1. The van der Waals surface area contributed by atoms with Crippen molar-refractivity contribution in [3.8, 4) is 11.3 Å². The van der Waals surface area contributed by atoms with Gasteiger partial charge < -0.3 is 4.98 Å². The number of nitrogens with zero attached hydrogens (tertiary/aromatic N) is 1. The van der Waals surface area contributed by atoms with Gasteiger partial charge in [-0.15, -0.1) is 0 Å². The first-order valence-electron chi connectivity index (χ1n) is 3.53.